The molecule has 1 aromatic heterocycles. The van der Waals surface area contributed by atoms with Crippen LogP contribution in [0.5, 0.6) is 0 Å². The number of hydrogen-bond acceptors (Lipinski definition) is 3. The zero-order chi connectivity index (χ0) is 13.7. The molecule has 1 saturated carbocycles. The first-order valence-corrected chi connectivity index (χ1v) is 7.88. The summed E-state index contributed by atoms with van der Waals surface area (Å²) in [6.07, 6.45) is 10.3. The van der Waals surface area contributed by atoms with Crippen LogP contribution in [0.2, 0.25) is 5.15 Å². The van der Waals surface area contributed by atoms with Crippen LogP contribution < -0.4 is 5.32 Å². The highest BCUT2D eigenvalue weighted by Crippen LogP contribution is 2.30. The van der Waals surface area contributed by atoms with Gasteiger partial charge in [0.15, 0.2) is 0 Å². The third-order valence-electron chi connectivity index (χ3n) is 4.13. The molecule has 0 atom stereocenters. The smallest absolute Gasteiger partial charge is 0.137 e. The maximum Gasteiger partial charge on any atom is 0.137 e. The topological polar surface area (TPSA) is 37.8 Å². The van der Waals surface area contributed by atoms with Crippen LogP contribution in [-0.2, 0) is 6.42 Å². The van der Waals surface area contributed by atoms with E-state index in [0.717, 1.165) is 23.7 Å². The minimum absolute atomic E-state index is 0.546. The molecule has 0 aromatic carbocycles. The Hall–Kier alpha value is -0.830. The van der Waals surface area contributed by atoms with Crippen molar-refractivity contribution < 1.29 is 0 Å². The van der Waals surface area contributed by atoms with Gasteiger partial charge in [-0.1, -0.05) is 38.3 Å². The number of nitrogens with one attached hydrogen (secondary N) is 1. The van der Waals surface area contributed by atoms with Gasteiger partial charge in [-0.2, -0.15) is 0 Å². The molecule has 1 aliphatic carbocycles. The van der Waals surface area contributed by atoms with E-state index in [0.29, 0.717) is 11.2 Å². The van der Waals surface area contributed by atoms with Crippen molar-refractivity contribution in [1.29, 1.82) is 0 Å². The molecule has 0 saturated heterocycles. The van der Waals surface area contributed by atoms with E-state index in [4.69, 9.17) is 11.6 Å². The van der Waals surface area contributed by atoms with Gasteiger partial charge in [0, 0.05) is 11.6 Å². The summed E-state index contributed by atoms with van der Waals surface area (Å²) in [5.74, 6) is 1.86. The molecule has 1 N–H and O–H groups in total. The van der Waals surface area contributed by atoms with Crippen LogP contribution in [0.25, 0.3) is 0 Å². The Bertz CT molecular complexity index is 400. The van der Waals surface area contributed by atoms with Gasteiger partial charge in [-0.05, 0) is 38.0 Å². The van der Waals surface area contributed by atoms with Crippen molar-refractivity contribution >= 4 is 17.4 Å². The Kier molecular flexibility index (Phi) is 5.44. The highest BCUT2D eigenvalue weighted by Gasteiger charge is 2.21. The number of nitrogens with zero attached hydrogens (tertiary/aromatic N) is 2. The molecule has 106 valence electrons. The molecule has 1 heterocycles. The molecule has 1 aliphatic rings. The summed E-state index contributed by atoms with van der Waals surface area (Å²) in [5.41, 5.74) is 1.04. The van der Waals surface area contributed by atoms with Crippen LogP contribution in [0.3, 0.4) is 0 Å². The van der Waals surface area contributed by atoms with Crippen molar-refractivity contribution in [2.45, 2.75) is 64.8 Å². The normalized spacial score (nSPS) is 23.3. The van der Waals surface area contributed by atoms with Gasteiger partial charge in [-0.25, -0.2) is 9.97 Å². The van der Waals surface area contributed by atoms with Gasteiger partial charge < -0.3 is 5.32 Å². The standard InChI is InChI=1S/C15H24ClN3/c1-3-5-11-6-8-12(9-7-11)19-15-13(4-2)14(16)17-10-18-15/h10-12H,3-9H2,1-2H3,(H,17,18,19). The summed E-state index contributed by atoms with van der Waals surface area (Å²) >= 11 is 6.12. The molecule has 0 bridgehead atoms. The lowest BCUT2D eigenvalue weighted by molar-refractivity contribution is 0.318. The van der Waals surface area contributed by atoms with Gasteiger partial charge in [0.05, 0.1) is 0 Å². The highest BCUT2D eigenvalue weighted by atomic mass is 35.5. The van der Waals surface area contributed by atoms with E-state index >= 15 is 0 Å². The van der Waals surface area contributed by atoms with Crippen molar-refractivity contribution in [3.63, 3.8) is 0 Å². The first-order chi connectivity index (χ1) is 9.24. The molecule has 0 radical (unpaired) electrons. The van der Waals surface area contributed by atoms with Crippen molar-refractivity contribution in [3.8, 4) is 0 Å². The van der Waals surface area contributed by atoms with Crippen LogP contribution >= 0.6 is 11.6 Å². The van der Waals surface area contributed by atoms with Crippen LogP contribution in [0.4, 0.5) is 5.82 Å². The van der Waals surface area contributed by atoms with Gasteiger partial charge in [-0.3, -0.25) is 0 Å². The second-order valence-electron chi connectivity index (χ2n) is 5.50. The Morgan fingerprint density at radius 3 is 2.58 bits per heavy atom. The lowest BCUT2D eigenvalue weighted by Gasteiger charge is -2.29. The minimum atomic E-state index is 0.546. The molecular weight excluding hydrogens is 258 g/mol. The molecule has 1 fully saturated rings. The number of aromatic nitrogens is 2. The molecule has 0 unspecified atom stereocenters. The summed E-state index contributed by atoms with van der Waals surface area (Å²) in [7, 11) is 0. The first-order valence-electron chi connectivity index (χ1n) is 7.50. The summed E-state index contributed by atoms with van der Waals surface area (Å²) in [4.78, 5) is 8.41. The summed E-state index contributed by atoms with van der Waals surface area (Å²) in [6.45, 7) is 4.37. The van der Waals surface area contributed by atoms with Gasteiger partial charge in [0.25, 0.3) is 0 Å². The largest absolute Gasteiger partial charge is 0.367 e. The maximum atomic E-state index is 6.12. The third-order valence-corrected chi connectivity index (χ3v) is 4.46. The average Bonchev–Trinajstić information content (AvgIpc) is 2.42. The fraction of sp³-hybridized carbons (Fsp3) is 0.733. The van der Waals surface area contributed by atoms with E-state index in [9.17, 15) is 0 Å². The second kappa shape index (κ2) is 7.09. The van der Waals surface area contributed by atoms with E-state index in [1.165, 1.54) is 38.5 Å². The number of halogens is 1. The second-order valence-corrected chi connectivity index (χ2v) is 5.85. The zero-order valence-electron chi connectivity index (χ0n) is 12.0. The van der Waals surface area contributed by atoms with E-state index in [2.05, 4.69) is 29.1 Å². The molecule has 1 aromatic rings. The molecule has 19 heavy (non-hydrogen) atoms. The summed E-state index contributed by atoms with van der Waals surface area (Å²) in [5, 5.41) is 4.15. The van der Waals surface area contributed by atoms with Crippen molar-refractivity contribution in [2.75, 3.05) is 5.32 Å². The summed E-state index contributed by atoms with van der Waals surface area (Å²) < 4.78 is 0. The van der Waals surface area contributed by atoms with Gasteiger partial charge >= 0.3 is 0 Å². The van der Waals surface area contributed by atoms with Crippen molar-refractivity contribution in [2.24, 2.45) is 5.92 Å². The van der Waals surface area contributed by atoms with E-state index in [-0.39, 0.29) is 0 Å². The van der Waals surface area contributed by atoms with Crippen LogP contribution in [0.1, 0.15) is 57.9 Å². The monoisotopic (exact) mass is 281 g/mol. The molecule has 0 amide bonds. The Balaban J connectivity index is 1.94. The molecule has 0 spiro atoms. The third kappa shape index (κ3) is 3.82. The van der Waals surface area contributed by atoms with Crippen LogP contribution in [0, 0.1) is 5.92 Å². The highest BCUT2D eigenvalue weighted by molar-refractivity contribution is 6.30. The zero-order valence-corrected chi connectivity index (χ0v) is 12.7. The van der Waals surface area contributed by atoms with Gasteiger partial charge in [0.1, 0.15) is 17.3 Å². The minimum Gasteiger partial charge on any atom is -0.367 e. The van der Waals surface area contributed by atoms with Crippen molar-refractivity contribution in [3.05, 3.63) is 17.0 Å². The van der Waals surface area contributed by atoms with E-state index < -0.39 is 0 Å². The maximum absolute atomic E-state index is 6.12. The Morgan fingerprint density at radius 2 is 1.95 bits per heavy atom. The predicted molar refractivity (Wildman–Crippen MR) is 80.7 cm³/mol. The lowest BCUT2D eigenvalue weighted by Crippen LogP contribution is -2.27. The molecule has 4 heteroatoms. The quantitative estimate of drug-likeness (QED) is 0.810. The molecule has 2 rings (SSSR count). The van der Waals surface area contributed by atoms with Gasteiger partial charge in [0.2, 0.25) is 0 Å². The fourth-order valence-corrected chi connectivity index (χ4v) is 3.29. The van der Waals surface area contributed by atoms with Crippen LogP contribution in [0.15, 0.2) is 6.33 Å². The predicted octanol–water partition coefficient (Wildman–Crippen LogP) is 4.46. The molecule has 3 nitrogen and oxygen atoms in total. The lowest BCUT2D eigenvalue weighted by atomic mass is 9.83. The average molecular weight is 282 g/mol. The van der Waals surface area contributed by atoms with Crippen LogP contribution in [-0.4, -0.2) is 16.0 Å². The number of rotatable bonds is 5. The SMILES string of the molecule is CCCC1CCC(Nc2ncnc(Cl)c2CC)CC1. The summed E-state index contributed by atoms with van der Waals surface area (Å²) in [6, 6.07) is 0.546. The molecular formula is C15H24ClN3. The van der Waals surface area contributed by atoms with Crippen molar-refractivity contribution in [1.82, 2.24) is 9.97 Å². The first kappa shape index (κ1) is 14.6. The van der Waals surface area contributed by atoms with E-state index in [1.807, 2.05) is 0 Å². The van der Waals surface area contributed by atoms with Gasteiger partial charge in [-0.15, -0.1) is 0 Å². The Morgan fingerprint density at radius 1 is 1.21 bits per heavy atom. The number of hydrogen-bond donors (Lipinski definition) is 1. The number of anilines is 1. The van der Waals surface area contributed by atoms with E-state index in [1.54, 1.807) is 6.33 Å². The molecule has 0 aliphatic heterocycles. The fourth-order valence-electron chi connectivity index (χ4n) is 3.03. The Labute approximate surface area is 121 Å².